The molecule has 1 unspecified atom stereocenters. The van der Waals surface area contributed by atoms with Gasteiger partial charge in [-0.3, -0.25) is 9.69 Å². The van der Waals surface area contributed by atoms with Crippen molar-refractivity contribution in [3.8, 4) is 11.5 Å². The molecule has 2 aliphatic rings. The first kappa shape index (κ1) is 30.6. The number of allylic oxidation sites excluding steroid dienone is 1. The lowest BCUT2D eigenvalue weighted by molar-refractivity contribution is 0.0976. The SMILES string of the molecule is CC1(C)CC2=C(C(c3ccc(OCc4ccccc4)cc3F)N(C(=O)c3cccc(Cl)c3F)c3cccc(O)c3N2)S(=O)(=O)C1. The summed E-state index contributed by atoms with van der Waals surface area (Å²) in [5, 5.41) is 13.7. The number of nitrogens with one attached hydrogen (secondary N) is 1. The second-order valence-electron chi connectivity index (χ2n) is 11.9. The molecule has 2 aliphatic heterocycles. The van der Waals surface area contributed by atoms with Crippen LogP contribution in [0.2, 0.25) is 5.02 Å². The molecule has 45 heavy (non-hydrogen) atoms. The molecule has 0 saturated carbocycles. The van der Waals surface area contributed by atoms with Gasteiger partial charge in [-0.05, 0) is 53.8 Å². The highest BCUT2D eigenvalue weighted by Gasteiger charge is 2.48. The number of amides is 1. The lowest BCUT2D eigenvalue weighted by Crippen LogP contribution is -2.41. The van der Waals surface area contributed by atoms with Gasteiger partial charge in [-0.1, -0.05) is 67.9 Å². The molecule has 0 bridgehead atoms. The van der Waals surface area contributed by atoms with Crippen molar-refractivity contribution < 1.29 is 31.8 Å². The van der Waals surface area contributed by atoms with Crippen molar-refractivity contribution >= 4 is 38.7 Å². The third-order valence-electron chi connectivity index (χ3n) is 7.85. The van der Waals surface area contributed by atoms with Crippen LogP contribution >= 0.6 is 11.6 Å². The summed E-state index contributed by atoms with van der Waals surface area (Å²) in [5.74, 6) is -3.22. The Labute approximate surface area is 264 Å². The first-order chi connectivity index (χ1) is 21.4. The number of fused-ring (bicyclic) bond motifs is 1. The lowest BCUT2D eigenvalue weighted by Gasteiger charge is -2.37. The Bertz CT molecular complexity index is 1960. The smallest absolute Gasteiger partial charge is 0.262 e. The van der Waals surface area contributed by atoms with Gasteiger partial charge in [0.2, 0.25) is 0 Å². The van der Waals surface area contributed by atoms with Gasteiger partial charge in [-0.15, -0.1) is 0 Å². The normalized spacial score (nSPS) is 18.3. The molecular formula is C34H29ClF2N2O5S. The summed E-state index contributed by atoms with van der Waals surface area (Å²) in [7, 11) is -4.16. The fraction of sp³-hybridized carbons (Fsp3) is 0.206. The van der Waals surface area contributed by atoms with E-state index in [0.29, 0.717) is 0 Å². The summed E-state index contributed by atoms with van der Waals surface area (Å²) in [6.45, 7) is 3.73. The Balaban J connectivity index is 1.58. The summed E-state index contributed by atoms with van der Waals surface area (Å²) in [6, 6.07) is 19.9. The Morgan fingerprint density at radius 3 is 2.51 bits per heavy atom. The minimum Gasteiger partial charge on any atom is -0.506 e. The van der Waals surface area contributed by atoms with Crippen LogP contribution in [0.1, 0.15) is 47.8 Å². The second kappa shape index (κ2) is 11.5. The number of phenolic OH excluding ortho intramolecular Hbond substituents is 1. The molecule has 0 saturated heterocycles. The zero-order valence-corrected chi connectivity index (χ0v) is 25.9. The molecular weight excluding hydrogens is 622 g/mol. The Morgan fingerprint density at radius 1 is 1.04 bits per heavy atom. The molecule has 2 heterocycles. The van der Waals surface area contributed by atoms with E-state index in [-0.39, 0.29) is 62.8 Å². The molecule has 4 aromatic rings. The van der Waals surface area contributed by atoms with E-state index in [9.17, 15) is 18.3 Å². The van der Waals surface area contributed by atoms with Gasteiger partial charge in [0, 0.05) is 17.3 Å². The van der Waals surface area contributed by atoms with Gasteiger partial charge in [0.1, 0.15) is 35.7 Å². The number of sulfone groups is 1. The van der Waals surface area contributed by atoms with Crippen molar-refractivity contribution in [2.75, 3.05) is 16.0 Å². The second-order valence-corrected chi connectivity index (χ2v) is 14.2. The van der Waals surface area contributed by atoms with Crippen LogP contribution < -0.4 is 15.0 Å². The average molecular weight is 651 g/mol. The molecule has 6 rings (SSSR count). The van der Waals surface area contributed by atoms with Crippen molar-refractivity contribution in [1.82, 2.24) is 0 Å². The van der Waals surface area contributed by atoms with E-state index < -0.39 is 44.4 Å². The van der Waals surface area contributed by atoms with Crippen LogP contribution in [0, 0.1) is 17.0 Å². The number of nitrogens with zero attached hydrogens (tertiary/aromatic N) is 1. The quantitative estimate of drug-likeness (QED) is 0.214. The summed E-state index contributed by atoms with van der Waals surface area (Å²) in [6.07, 6.45) is 0.208. The number of ether oxygens (including phenoxy) is 1. The molecule has 0 fully saturated rings. The van der Waals surface area contributed by atoms with Crippen LogP contribution in [0.15, 0.2) is 95.5 Å². The van der Waals surface area contributed by atoms with E-state index in [4.69, 9.17) is 16.3 Å². The largest absolute Gasteiger partial charge is 0.506 e. The molecule has 11 heteroatoms. The van der Waals surface area contributed by atoms with Gasteiger partial charge in [0.15, 0.2) is 15.7 Å². The first-order valence-electron chi connectivity index (χ1n) is 14.1. The zero-order chi connectivity index (χ0) is 32.1. The minimum absolute atomic E-state index is 0.0237. The first-order valence-corrected chi connectivity index (χ1v) is 16.2. The maximum absolute atomic E-state index is 16.3. The van der Waals surface area contributed by atoms with Crippen molar-refractivity contribution in [3.63, 3.8) is 0 Å². The number of hydrogen-bond acceptors (Lipinski definition) is 6. The zero-order valence-electron chi connectivity index (χ0n) is 24.4. The topological polar surface area (TPSA) is 95.9 Å². The van der Waals surface area contributed by atoms with Gasteiger partial charge in [-0.2, -0.15) is 0 Å². The van der Waals surface area contributed by atoms with Crippen LogP contribution in [-0.2, 0) is 16.4 Å². The standard InChI is InChI=1S/C34H29ClF2N2O5S/c1-34(2)17-26-32(45(42,43)19-34)31(22-15-14-21(16-25(22)36)44-18-20-8-4-3-5-9-20)39(27-12-7-13-28(40)30(27)38-26)33(41)23-10-6-11-24(35)29(23)37/h3-16,31,38,40H,17-19H2,1-2H3. The van der Waals surface area contributed by atoms with Gasteiger partial charge >= 0.3 is 0 Å². The van der Waals surface area contributed by atoms with E-state index in [0.717, 1.165) is 16.5 Å². The van der Waals surface area contributed by atoms with E-state index >= 15 is 8.78 Å². The molecule has 0 spiro atoms. The van der Waals surface area contributed by atoms with E-state index in [1.807, 2.05) is 30.3 Å². The predicted molar refractivity (Wildman–Crippen MR) is 169 cm³/mol. The number of aromatic hydroxyl groups is 1. The van der Waals surface area contributed by atoms with E-state index in [2.05, 4.69) is 5.32 Å². The molecule has 232 valence electrons. The van der Waals surface area contributed by atoms with Gasteiger partial charge < -0.3 is 15.2 Å². The van der Waals surface area contributed by atoms with Crippen LogP contribution in [0.5, 0.6) is 11.5 Å². The summed E-state index contributed by atoms with van der Waals surface area (Å²) in [4.78, 5) is 15.2. The monoisotopic (exact) mass is 650 g/mol. The number of phenols is 1. The molecule has 0 radical (unpaired) electrons. The number of anilines is 2. The fourth-order valence-corrected chi connectivity index (χ4v) is 8.50. The number of hydrogen-bond donors (Lipinski definition) is 2. The van der Waals surface area contributed by atoms with Crippen LogP contribution in [0.3, 0.4) is 0 Å². The molecule has 1 amide bonds. The van der Waals surface area contributed by atoms with Crippen molar-refractivity contribution in [3.05, 3.63) is 129 Å². The minimum atomic E-state index is -4.16. The maximum atomic E-state index is 16.3. The van der Waals surface area contributed by atoms with E-state index in [1.54, 1.807) is 13.8 Å². The van der Waals surface area contributed by atoms with Crippen molar-refractivity contribution in [1.29, 1.82) is 0 Å². The highest BCUT2D eigenvalue weighted by molar-refractivity contribution is 7.95. The van der Waals surface area contributed by atoms with Gasteiger partial charge in [0.05, 0.1) is 26.9 Å². The number of benzene rings is 4. The molecule has 4 aromatic carbocycles. The van der Waals surface area contributed by atoms with Crippen molar-refractivity contribution in [2.45, 2.75) is 32.9 Å². The maximum Gasteiger partial charge on any atom is 0.262 e. The Hall–Kier alpha value is -4.41. The Morgan fingerprint density at radius 2 is 1.78 bits per heavy atom. The molecule has 7 nitrogen and oxygen atoms in total. The number of carbonyl (C=O) groups is 1. The summed E-state index contributed by atoms with van der Waals surface area (Å²) >= 11 is 6.03. The van der Waals surface area contributed by atoms with Crippen LogP contribution in [-0.4, -0.2) is 25.2 Å². The van der Waals surface area contributed by atoms with E-state index in [1.165, 1.54) is 48.5 Å². The molecule has 1 atom stereocenters. The number of carbonyl (C=O) groups excluding carboxylic acids is 1. The van der Waals surface area contributed by atoms with Crippen molar-refractivity contribution in [2.24, 2.45) is 5.41 Å². The lowest BCUT2D eigenvalue weighted by atomic mass is 9.88. The molecule has 2 N–H and O–H groups in total. The third kappa shape index (κ3) is 5.76. The summed E-state index contributed by atoms with van der Waals surface area (Å²) < 4.78 is 65.7. The van der Waals surface area contributed by atoms with Crippen LogP contribution in [0.4, 0.5) is 20.2 Å². The average Bonchev–Trinajstić information content (AvgIpc) is 3.12. The highest BCUT2D eigenvalue weighted by atomic mass is 35.5. The molecule has 0 aliphatic carbocycles. The number of halogens is 3. The summed E-state index contributed by atoms with van der Waals surface area (Å²) in [5.41, 5.74) is -0.237. The van der Waals surface area contributed by atoms with Gasteiger partial charge in [0.25, 0.3) is 5.91 Å². The third-order valence-corrected chi connectivity index (χ3v) is 10.4. The van der Waals surface area contributed by atoms with Crippen LogP contribution in [0.25, 0.3) is 0 Å². The fourth-order valence-electron chi connectivity index (χ4n) is 5.97. The Kier molecular flexibility index (Phi) is 7.82. The highest BCUT2D eigenvalue weighted by Crippen LogP contribution is 2.52. The van der Waals surface area contributed by atoms with Gasteiger partial charge in [-0.25, -0.2) is 17.2 Å². The number of para-hydroxylation sites is 1. The molecule has 0 aromatic heterocycles. The number of rotatable bonds is 5. The predicted octanol–water partition coefficient (Wildman–Crippen LogP) is 7.77.